The number of rotatable bonds is 7. The predicted molar refractivity (Wildman–Crippen MR) is 89.7 cm³/mol. The van der Waals surface area contributed by atoms with Crippen LogP contribution in [0.2, 0.25) is 0 Å². The van der Waals surface area contributed by atoms with Gasteiger partial charge >= 0.3 is 0 Å². The van der Waals surface area contributed by atoms with Gasteiger partial charge in [-0.25, -0.2) is 0 Å². The van der Waals surface area contributed by atoms with Gasteiger partial charge in [-0.2, -0.15) is 0 Å². The molecule has 0 radical (unpaired) electrons. The first-order chi connectivity index (χ1) is 9.08. The molecule has 4 nitrogen and oxygen atoms in total. The Morgan fingerprint density at radius 2 is 1.90 bits per heavy atom. The molecule has 1 unspecified atom stereocenters. The largest absolute Gasteiger partial charge is 0.331 e. The number of β-lactam (4-membered cyclic amide) rings is 1. The number of amides is 2. The maximum absolute atomic E-state index is 12.1. The van der Waals surface area contributed by atoms with Crippen molar-refractivity contribution in [3.05, 3.63) is 0 Å². The zero-order chi connectivity index (χ0) is 15.6. The highest BCUT2D eigenvalue weighted by atomic mass is 127. The molecule has 0 aromatic carbocycles. The summed E-state index contributed by atoms with van der Waals surface area (Å²) in [4.78, 5) is 25.5. The minimum Gasteiger partial charge on any atom is -0.331 e. The van der Waals surface area contributed by atoms with Crippen LogP contribution in [0.1, 0.15) is 39.5 Å². The van der Waals surface area contributed by atoms with Crippen LogP contribution < -0.4 is 0 Å². The zero-order valence-electron chi connectivity index (χ0n) is 13.4. The quantitative estimate of drug-likeness (QED) is 0.218. The third-order valence-corrected chi connectivity index (χ3v) is 5.97. The van der Waals surface area contributed by atoms with Crippen molar-refractivity contribution >= 4 is 34.4 Å². The highest BCUT2D eigenvalue weighted by Crippen LogP contribution is 2.39. The van der Waals surface area contributed by atoms with E-state index in [-0.39, 0.29) is 21.2 Å². The summed E-state index contributed by atoms with van der Waals surface area (Å²) in [5.74, 6) is 0.293. The van der Waals surface area contributed by atoms with E-state index in [9.17, 15) is 9.59 Å². The molecule has 1 rings (SSSR count). The lowest BCUT2D eigenvalue weighted by molar-refractivity contribution is -0.870. The molecule has 0 bridgehead atoms. The van der Waals surface area contributed by atoms with Gasteiger partial charge in [0.05, 0.1) is 34.2 Å². The predicted octanol–water partition coefficient (Wildman–Crippen LogP) is 2.45. The molecule has 1 fully saturated rings. The number of quaternary nitrogens is 1. The van der Waals surface area contributed by atoms with Gasteiger partial charge in [-0.3, -0.25) is 14.5 Å². The highest BCUT2D eigenvalue weighted by Gasteiger charge is 2.54. The second-order valence-corrected chi connectivity index (χ2v) is 9.05. The number of hydrogen-bond donors (Lipinski definition) is 0. The topological polar surface area (TPSA) is 37.4 Å². The van der Waals surface area contributed by atoms with Crippen molar-refractivity contribution in [2.45, 2.75) is 43.0 Å². The zero-order valence-corrected chi connectivity index (χ0v) is 15.6. The SMILES string of the molecule is CC(C)C1(I)CN(C(=O)CCCCC[N+](C)(C)C)C1=O. The Labute approximate surface area is 136 Å². The number of carbonyl (C=O) groups excluding carboxylic acids is 2. The summed E-state index contributed by atoms with van der Waals surface area (Å²) >= 11 is 2.21. The molecular formula is C15H28IN2O2+. The van der Waals surface area contributed by atoms with E-state index in [4.69, 9.17) is 0 Å². The lowest BCUT2D eigenvalue weighted by Crippen LogP contribution is -2.67. The summed E-state index contributed by atoms with van der Waals surface area (Å²) in [5.41, 5.74) is 0. The second-order valence-electron chi connectivity index (χ2n) is 7.13. The van der Waals surface area contributed by atoms with E-state index in [0.29, 0.717) is 13.0 Å². The Hall–Kier alpha value is -0.170. The van der Waals surface area contributed by atoms with Crippen molar-refractivity contribution in [3.8, 4) is 0 Å². The Morgan fingerprint density at radius 1 is 1.30 bits per heavy atom. The summed E-state index contributed by atoms with van der Waals surface area (Å²) in [6.07, 6.45) is 3.59. The average Bonchev–Trinajstić information content (AvgIpc) is 2.32. The lowest BCUT2D eigenvalue weighted by atomic mass is 9.87. The van der Waals surface area contributed by atoms with Crippen LogP contribution in [0.15, 0.2) is 0 Å². The van der Waals surface area contributed by atoms with Crippen LogP contribution in [0.5, 0.6) is 0 Å². The van der Waals surface area contributed by atoms with Crippen LogP contribution in [0.4, 0.5) is 0 Å². The standard InChI is InChI=1S/C15H28IN2O2/c1-12(2)15(16)11-17(14(15)20)13(19)9-7-6-8-10-18(3,4)5/h12H,6-11H2,1-5H3/q+1. The maximum Gasteiger partial charge on any atom is 0.247 e. The average molecular weight is 395 g/mol. The molecule has 1 aliphatic rings. The molecule has 1 saturated heterocycles. The van der Waals surface area contributed by atoms with Gasteiger partial charge in [0.15, 0.2) is 0 Å². The minimum atomic E-state index is -0.350. The van der Waals surface area contributed by atoms with Crippen LogP contribution >= 0.6 is 22.6 Å². The molecule has 2 amide bonds. The molecule has 116 valence electrons. The van der Waals surface area contributed by atoms with E-state index in [0.717, 1.165) is 30.3 Å². The maximum atomic E-state index is 12.1. The van der Waals surface area contributed by atoms with Gasteiger partial charge < -0.3 is 4.48 Å². The molecule has 5 heteroatoms. The summed E-state index contributed by atoms with van der Waals surface area (Å²) < 4.78 is 0.613. The molecule has 1 aliphatic heterocycles. The third kappa shape index (κ3) is 4.41. The number of imide groups is 1. The molecule has 0 aromatic heterocycles. The molecule has 1 heterocycles. The molecular weight excluding hydrogens is 367 g/mol. The van der Waals surface area contributed by atoms with Crippen molar-refractivity contribution in [1.82, 2.24) is 4.90 Å². The number of alkyl halides is 1. The molecule has 0 N–H and O–H groups in total. The monoisotopic (exact) mass is 395 g/mol. The summed E-state index contributed by atoms with van der Waals surface area (Å²) in [6, 6.07) is 0. The third-order valence-electron chi connectivity index (χ3n) is 3.92. The number of nitrogens with zero attached hydrogens (tertiary/aromatic N) is 2. The Morgan fingerprint density at radius 3 is 2.35 bits per heavy atom. The number of likely N-dealkylation sites (tertiary alicyclic amines) is 1. The molecule has 1 atom stereocenters. The highest BCUT2D eigenvalue weighted by molar-refractivity contribution is 14.1. The van der Waals surface area contributed by atoms with E-state index in [1.54, 1.807) is 0 Å². The number of carbonyl (C=O) groups is 2. The lowest BCUT2D eigenvalue weighted by Gasteiger charge is -2.46. The number of unbranched alkanes of at least 4 members (excludes halogenated alkanes) is 2. The molecule has 0 spiro atoms. The van der Waals surface area contributed by atoms with Crippen LogP contribution in [-0.4, -0.2) is 58.9 Å². The fraction of sp³-hybridized carbons (Fsp3) is 0.867. The van der Waals surface area contributed by atoms with Gasteiger partial charge in [0.25, 0.3) is 0 Å². The summed E-state index contributed by atoms with van der Waals surface area (Å²) in [6.45, 7) is 5.79. The van der Waals surface area contributed by atoms with Crippen molar-refractivity contribution in [2.24, 2.45) is 5.92 Å². The van der Waals surface area contributed by atoms with E-state index >= 15 is 0 Å². The fourth-order valence-electron chi connectivity index (χ4n) is 2.31. The van der Waals surface area contributed by atoms with Crippen LogP contribution in [0, 0.1) is 5.92 Å². The van der Waals surface area contributed by atoms with Gasteiger partial charge in [0.1, 0.15) is 3.42 Å². The van der Waals surface area contributed by atoms with Gasteiger partial charge in [0.2, 0.25) is 11.8 Å². The Balaban J connectivity index is 2.24. The van der Waals surface area contributed by atoms with Crippen molar-refractivity contribution < 1.29 is 14.1 Å². The van der Waals surface area contributed by atoms with Crippen molar-refractivity contribution in [3.63, 3.8) is 0 Å². The van der Waals surface area contributed by atoms with Crippen molar-refractivity contribution in [2.75, 3.05) is 34.2 Å². The Bertz CT molecular complexity index is 377. The second kappa shape index (κ2) is 6.73. The van der Waals surface area contributed by atoms with E-state index in [2.05, 4.69) is 43.7 Å². The van der Waals surface area contributed by atoms with Crippen LogP contribution in [0.3, 0.4) is 0 Å². The van der Waals surface area contributed by atoms with Crippen molar-refractivity contribution in [1.29, 1.82) is 0 Å². The summed E-state index contributed by atoms with van der Waals surface area (Å²) in [7, 11) is 6.53. The first-order valence-corrected chi connectivity index (χ1v) is 8.50. The van der Waals surface area contributed by atoms with Gasteiger partial charge in [-0.15, -0.1) is 0 Å². The van der Waals surface area contributed by atoms with E-state index in [1.165, 1.54) is 4.90 Å². The first kappa shape index (κ1) is 17.9. The fourth-order valence-corrected chi connectivity index (χ4v) is 2.94. The normalized spacial score (nSPS) is 23.1. The minimum absolute atomic E-state index is 0.00413. The first-order valence-electron chi connectivity index (χ1n) is 7.42. The van der Waals surface area contributed by atoms with Crippen LogP contribution in [-0.2, 0) is 9.59 Å². The van der Waals surface area contributed by atoms with Gasteiger partial charge in [-0.05, 0) is 25.2 Å². The van der Waals surface area contributed by atoms with E-state index < -0.39 is 0 Å². The molecule has 0 aliphatic carbocycles. The van der Waals surface area contributed by atoms with E-state index in [1.807, 2.05) is 13.8 Å². The van der Waals surface area contributed by atoms with Gasteiger partial charge in [-0.1, -0.05) is 36.4 Å². The molecule has 0 saturated carbocycles. The molecule has 20 heavy (non-hydrogen) atoms. The Kier molecular flexibility index (Phi) is 6.01. The number of hydrogen-bond acceptors (Lipinski definition) is 2. The van der Waals surface area contributed by atoms with Gasteiger partial charge in [0, 0.05) is 6.42 Å². The number of halogens is 1. The smallest absolute Gasteiger partial charge is 0.247 e. The van der Waals surface area contributed by atoms with Crippen LogP contribution in [0.25, 0.3) is 0 Å². The molecule has 0 aromatic rings. The summed E-state index contributed by atoms with van der Waals surface area (Å²) in [5, 5.41) is 0.